The number of amides is 2. The summed E-state index contributed by atoms with van der Waals surface area (Å²) in [5, 5.41) is 15.6. The van der Waals surface area contributed by atoms with Crippen LogP contribution in [-0.2, 0) is 30.3 Å². The van der Waals surface area contributed by atoms with Gasteiger partial charge in [0, 0.05) is 18.3 Å². The summed E-state index contributed by atoms with van der Waals surface area (Å²) in [7, 11) is 1.58. The first-order valence-electron chi connectivity index (χ1n) is 14.7. The Balaban J connectivity index is 1.46. The monoisotopic (exact) mass is 556 g/mol. The van der Waals surface area contributed by atoms with Crippen LogP contribution in [0.15, 0.2) is 24.3 Å². The highest BCUT2D eigenvalue weighted by Gasteiger charge is 2.50. The fourth-order valence-electron chi connectivity index (χ4n) is 6.05. The van der Waals surface area contributed by atoms with Gasteiger partial charge in [0.15, 0.2) is 11.6 Å². The van der Waals surface area contributed by atoms with Crippen LogP contribution in [0.1, 0.15) is 77.2 Å². The summed E-state index contributed by atoms with van der Waals surface area (Å²) in [6.45, 7) is 3.74. The van der Waals surface area contributed by atoms with Gasteiger partial charge in [0.05, 0.1) is 31.9 Å². The SMILES string of the molecule is COc1ccc(C[C@H](CC(=O)[C@@H](C)NC(=O)[C@H]2CC[C@@H](O)C2)C(=O)N[C@@H](CC2CCCC2)C(=O)[C@@]2(C)CO2)cc1. The van der Waals surface area contributed by atoms with Gasteiger partial charge in [-0.2, -0.15) is 0 Å². The van der Waals surface area contributed by atoms with Gasteiger partial charge in [-0.3, -0.25) is 19.2 Å². The number of epoxide rings is 1. The van der Waals surface area contributed by atoms with Crippen LogP contribution in [0.4, 0.5) is 0 Å². The molecule has 1 aromatic carbocycles. The van der Waals surface area contributed by atoms with Crippen LogP contribution in [-0.4, -0.2) is 66.0 Å². The van der Waals surface area contributed by atoms with Crippen LogP contribution < -0.4 is 15.4 Å². The van der Waals surface area contributed by atoms with Crippen LogP contribution in [0, 0.1) is 17.8 Å². The molecule has 220 valence electrons. The summed E-state index contributed by atoms with van der Waals surface area (Å²) in [6, 6.07) is 5.90. The number of nitrogens with one attached hydrogen (secondary N) is 2. The van der Waals surface area contributed by atoms with E-state index in [2.05, 4.69) is 10.6 Å². The van der Waals surface area contributed by atoms with Gasteiger partial charge >= 0.3 is 0 Å². The van der Waals surface area contributed by atoms with E-state index < -0.39 is 29.7 Å². The van der Waals surface area contributed by atoms with E-state index in [1.807, 2.05) is 24.3 Å². The van der Waals surface area contributed by atoms with Crippen LogP contribution in [0.2, 0.25) is 0 Å². The number of carbonyl (C=O) groups is 4. The number of carbonyl (C=O) groups excluding carboxylic acids is 4. The maximum Gasteiger partial charge on any atom is 0.224 e. The van der Waals surface area contributed by atoms with Crippen molar-refractivity contribution >= 4 is 23.4 Å². The number of ether oxygens (including phenoxy) is 2. The summed E-state index contributed by atoms with van der Waals surface area (Å²) < 4.78 is 10.7. The lowest BCUT2D eigenvalue weighted by Crippen LogP contribution is -2.50. The van der Waals surface area contributed by atoms with Crippen LogP contribution >= 0.6 is 0 Å². The van der Waals surface area contributed by atoms with Crippen molar-refractivity contribution in [2.24, 2.45) is 17.8 Å². The van der Waals surface area contributed by atoms with Gasteiger partial charge in [0.1, 0.15) is 11.4 Å². The predicted octanol–water partition coefficient (Wildman–Crippen LogP) is 2.90. The van der Waals surface area contributed by atoms with E-state index in [1.54, 1.807) is 21.0 Å². The molecule has 1 heterocycles. The summed E-state index contributed by atoms with van der Waals surface area (Å²) in [5.74, 6) is -0.914. The highest BCUT2D eigenvalue weighted by molar-refractivity contribution is 5.98. The zero-order valence-corrected chi connectivity index (χ0v) is 23.9. The molecule has 1 saturated heterocycles. The first-order chi connectivity index (χ1) is 19.1. The molecule has 2 saturated carbocycles. The van der Waals surface area contributed by atoms with Crippen molar-refractivity contribution in [2.75, 3.05) is 13.7 Å². The number of ketones is 2. The van der Waals surface area contributed by atoms with Gasteiger partial charge < -0.3 is 25.2 Å². The molecular weight excluding hydrogens is 512 g/mol. The number of aliphatic hydroxyl groups is 1. The first-order valence-corrected chi connectivity index (χ1v) is 14.7. The van der Waals surface area contributed by atoms with Crippen LogP contribution in [0.25, 0.3) is 0 Å². The molecule has 2 amide bonds. The van der Waals surface area contributed by atoms with Crippen molar-refractivity contribution in [1.82, 2.24) is 10.6 Å². The molecule has 0 aromatic heterocycles. The molecule has 1 aliphatic heterocycles. The fraction of sp³-hybridized carbons (Fsp3) is 0.677. The lowest BCUT2D eigenvalue weighted by molar-refractivity contribution is -0.135. The van der Waals surface area contributed by atoms with Crippen LogP contribution in [0.3, 0.4) is 0 Å². The van der Waals surface area contributed by atoms with E-state index in [-0.39, 0.29) is 35.7 Å². The molecular formula is C31H44N2O7. The number of aliphatic hydroxyl groups excluding tert-OH is 1. The Morgan fingerprint density at radius 2 is 1.75 bits per heavy atom. The number of methoxy groups -OCH3 is 1. The molecule has 0 unspecified atom stereocenters. The molecule has 9 nitrogen and oxygen atoms in total. The topological polar surface area (TPSA) is 134 Å². The van der Waals surface area contributed by atoms with Crippen molar-refractivity contribution in [3.63, 3.8) is 0 Å². The van der Waals surface area contributed by atoms with Crippen molar-refractivity contribution in [2.45, 2.75) is 102 Å². The zero-order valence-electron chi connectivity index (χ0n) is 23.9. The van der Waals surface area contributed by atoms with Gasteiger partial charge in [-0.25, -0.2) is 0 Å². The van der Waals surface area contributed by atoms with E-state index in [0.717, 1.165) is 31.2 Å². The number of benzene rings is 1. The van der Waals surface area contributed by atoms with Gasteiger partial charge in [0.2, 0.25) is 11.8 Å². The van der Waals surface area contributed by atoms with Gasteiger partial charge in [-0.15, -0.1) is 0 Å². The minimum atomic E-state index is -0.857. The van der Waals surface area contributed by atoms with Crippen molar-refractivity contribution in [1.29, 1.82) is 0 Å². The second-order valence-corrected chi connectivity index (χ2v) is 12.1. The van der Waals surface area contributed by atoms with E-state index in [0.29, 0.717) is 50.4 Å². The smallest absolute Gasteiger partial charge is 0.224 e. The molecule has 4 rings (SSSR count). The van der Waals surface area contributed by atoms with E-state index >= 15 is 0 Å². The van der Waals surface area contributed by atoms with E-state index in [9.17, 15) is 24.3 Å². The average molecular weight is 557 g/mol. The fourth-order valence-corrected chi connectivity index (χ4v) is 6.05. The molecule has 1 aromatic rings. The molecule has 6 atom stereocenters. The van der Waals surface area contributed by atoms with Gasteiger partial charge in [0.25, 0.3) is 0 Å². The van der Waals surface area contributed by atoms with Gasteiger partial charge in [-0.05, 0) is 69.6 Å². The normalized spacial score (nSPS) is 26.5. The third-order valence-electron chi connectivity index (χ3n) is 8.85. The second kappa shape index (κ2) is 13.3. The standard InChI is InChI=1S/C31H44N2O7/c1-19(32-29(37)22-10-11-24(34)16-22)27(35)17-23(14-21-8-12-25(39-3)13-9-21)30(38)33-26(15-20-6-4-5-7-20)28(36)31(2)18-40-31/h8-9,12-13,19-20,22-24,26,34H,4-7,10-11,14-18H2,1-3H3,(H,32,37)(H,33,38)/t19-,22+,23-,24-,26+,31-/m1/s1. The average Bonchev–Trinajstić information content (AvgIpc) is 3.28. The Morgan fingerprint density at radius 3 is 2.33 bits per heavy atom. The molecule has 3 aliphatic rings. The van der Waals surface area contributed by atoms with Crippen molar-refractivity contribution in [3.05, 3.63) is 29.8 Å². The highest BCUT2D eigenvalue weighted by atomic mass is 16.6. The first kappa shape index (κ1) is 30.2. The Labute approximate surface area is 236 Å². The molecule has 3 fully saturated rings. The third-order valence-corrected chi connectivity index (χ3v) is 8.85. The highest BCUT2D eigenvalue weighted by Crippen LogP contribution is 2.34. The summed E-state index contributed by atoms with van der Waals surface area (Å²) in [5.41, 5.74) is 0.00585. The molecule has 3 N–H and O–H groups in total. The molecule has 0 radical (unpaired) electrons. The number of rotatable bonds is 14. The predicted molar refractivity (Wildman–Crippen MR) is 149 cm³/mol. The number of Topliss-reactive ketones (excluding diaryl/α,β-unsaturated/α-hetero) is 2. The second-order valence-electron chi connectivity index (χ2n) is 12.1. The number of hydrogen-bond donors (Lipinski definition) is 3. The quantitative estimate of drug-likeness (QED) is 0.300. The maximum atomic E-state index is 13.7. The Bertz CT molecular complexity index is 1060. The third kappa shape index (κ3) is 7.91. The molecule has 40 heavy (non-hydrogen) atoms. The molecule has 0 spiro atoms. The molecule has 0 bridgehead atoms. The summed E-state index contributed by atoms with van der Waals surface area (Å²) in [6.07, 6.45) is 6.23. The summed E-state index contributed by atoms with van der Waals surface area (Å²) >= 11 is 0. The van der Waals surface area contributed by atoms with Gasteiger partial charge in [-0.1, -0.05) is 37.8 Å². The number of hydrogen-bond acceptors (Lipinski definition) is 7. The van der Waals surface area contributed by atoms with E-state index in [4.69, 9.17) is 9.47 Å². The van der Waals surface area contributed by atoms with Crippen molar-refractivity contribution in [3.8, 4) is 5.75 Å². The largest absolute Gasteiger partial charge is 0.497 e. The molecule has 9 heteroatoms. The van der Waals surface area contributed by atoms with Crippen molar-refractivity contribution < 1.29 is 33.8 Å². The Morgan fingerprint density at radius 1 is 1.07 bits per heavy atom. The van der Waals surface area contributed by atoms with E-state index in [1.165, 1.54) is 0 Å². The lowest BCUT2D eigenvalue weighted by Gasteiger charge is -2.26. The molecule has 2 aliphatic carbocycles. The Kier molecular flexibility index (Phi) is 10.0. The summed E-state index contributed by atoms with van der Waals surface area (Å²) in [4.78, 5) is 53.0. The maximum absolute atomic E-state index is 13.7. The lowest BCUT2D eigenvalue weighted by atomic mass is 9.88. The zero-order chi connectivity index (χ0) is 28.9. The minimum Gasteiger partial charge on any atom is -0.497 e. The Hall–Kier alpha value is -2.78. The van der Waals surface area contributed by atoms with Crippen LogP contribution in [0.5, 0.6) is 5.75 Å². The minimum absolute atomic E-state index is 0.0787.